The summed E-state index contributed by atoms with van der Waals surface area (Å²) < 4.78 is 0. The van der Waals surface area contributed by atoms with Gasteiger partial charge in [0.1, 0.15) is 0 Å². The Morgan fingerprint density at radius 2 is 0.900 bits per heavy atom. The van der Waals surface area contributed by atoms with Gasteiger partial charge in [0.15, 0.2) is 0 Å². The summed E-state index contributed by atoms with van der Waals surface area (Å²) in [6.45, 7) is 0. The summed E-state index contributed by atoms with van der Waals surface area (Å²) in [5.74, 6) is -3.11. The first-order valence-electron chi connectivity index (χ1n) is 5.89. The van der Waals surface area contributed by atoms with Gasteiger partial charge in [0, 0.05) is 11.1 Å². The molecule has 0 saturated carbocycles. The summed E-state index contributed by atoms with van der Waals surface area (Å²) in [5, 5.41) is 22.7. The van der Waals surface area contributed by atoms with Crippen LogP contribution in [0.1, 0.15) is 11.1 Å². The van der Waals surface area contributed by atoms with E-state index in [1.54, 1.807) is 36.4 Å². The summed E-state index contributed by atoms with van der Waals surface area (Å²) in [6.07, 6.45) is 0. The number of carboxylic acids is 2. The SMILES string of the molecule is O=C([O-])/C(=C(/C(=O)[O-])c1ccccc1)c1ccccc1. The van der Waals surface area contributed by atoms with Gasteiger partial charge in [0.25, 0.3) is 0 Å². The van der Waals surface area contributed by atoms with Crippen LogP contribution in [-0.4, -0.2) is 11.9 Å². The highest BCUT2D eigenvalue weighted by atomic mass is 16.4. The molecule has 4 nitrogen and oxygen atoms in total. The Hall–Kier alpha value is -2.88. The Morgan fingerprint density at radius 1 is 0.600 bits per heavy atom. The van der Waals surface area contributed by atoms with Gasteiger partial charge in [-0.25, -0.2) is 0 Å². The molecule has 0 fully saturated rings. The summed E-state index contributed by atoms with van der Waals surface area (Å²) >= 11 is 0. The fraction of sp³-hybridized carbons (Fsp3) is 0. The van der Waals surface area contributed by atoms with E-state index >= 15 is 0 Å². The molecule has 0 saturated heterocycles. The molecule has 0 bridgehead atoms. The van der Waals surface area contributed by atoms with E-state index in [4.69, 9.17) is 0 Å². The molecule has 0 radical (unpaired) electrons. The van der Waals surface area contributed by atoms with Crippen molar-refractivity contribution >= 4 is 23.1 Å². The largest absolute Gasteiger partial charge is 0.545 e. The molecule has 2 aromatic rings. The van der Waals surface area contributed by atoms with Crippen LogP contribution >= 0.6 is 0 Å². The maximum atomic E-state index is 11.4. The van der Waals surface area contributed by atoms with E-state index in [-0.39, 0.29) is 11.1 Å². The number of benzene rings is 2. The molecule has 0 spiro atoms. The fourth-order valence-corrected chi connectivity index (χ4v) is 1.94. The Bertz CT molecular complexity index is 598. The van der Waals surface area contributed by atoms with Crippen molar-refractivity contribution in [3.05, 3.63) is 71.8 Å². The normalized spacial score (nSPS) is 11.6. The Labute approximate surface area is 115 Å². The van der Waals surface area contributed by atoms with Crippen LogP contribution in [0.2, 0.25) is 0 Å². The second-order valence-corrected chi connectivity index (χ2v) is 4.06. The number of aliphatic carboxylic acids is 2. The number of rotatable bonds is 4. The second kappa shape index (κ2) is 5.84. The molecule has 0 aliphatic heterocycles. The predicted octanol–water partition coefficient (Wildman–Crippen LogP) is 0.0972. The van der Waals surface area contributed by atoms with Crippen molar-refractivity contribution in [2.75, 3.05) is 0 Å². The first-order valence-corrected chi connectivity index (χ1v) is 5.89. The van der Waals surface area contributed by atoms with Gasteiger partial charge in [-0.05, 0) is 11.1 Å². The first-order chi connectivity index (χ1) is 9.61. The van der Waals surface area contributed by atoms with Crippen LogP contribution in [0.3, 0.4) is 0 Å². The minimum absolute atomic E-state index is 0.260. The number of hydrogen-bond donors (Lipinski definition) is 0. The zero-order chi connectivity index (χ0) is 14.5. The lowest BCUT2D eigenvalue weighted by molar-refractivity contribution is -0.299. The van der Waals surface area contributed by atoms with Crippen LogP contribution in [-0.2, 0) is 9.59 Å². The third-order valence-corrected chi connectivity index (χ3v) is 2.78. The van der Waals surface area contributed by atoms with Crippen molar-refractivity contribution < 1.29 is 19.8 Å². The van der Waals surface area contributed by atoms with Crippen LogP contribution < -0.4 is 10.2 Å². The van der Waals surface area contributed by atoms with Crippen molar-refractivity contribution in [2.24, 2.45) is 0 Å². The average Bonchev–Trinajstić information content (AvgIpc) is 2.45. The van der Waals surface area contributed by atoms with Crippen molar-refractivity contribution in [1.82, 2.24) is 0 Å². The minimum Gasteiger partial charge on any atom is -0.545 e. The van der Waals surface area contributed by atoms with E-state index in [9.17, 15) is 19.8 Å². The lowest BCUT2D eigenvalue weighted by Gasteiger charge is -2.18. The van der Waals surface area contributed by atoms with E-state index in [1.807, 2.05) is 0 Å². The van der Waals surface area contributed by atoms with Crippen LogP contribution in [0.25, 0.3) is 11.1 Å². The van der Waals surface area contributed by atoms with Crippen LogP contribution in [0.4, 0.5) is 0 Å². The summed E-state index contributed by atoms with van der Waals surface area (Å²) in [4.78, 5) is 22.7. The lowest BCUT2D eigenvalue weighted by atomic mass is 9.94. The van der Waals surface area contributed by atoms with E-state index in [1.165, 1.54) is 24.3 Å². The molecular formula is C16H10O4-2. The van der Waals surface area contributed by atoms with Gasteiger partial charge < -0.3 is 19.8 Å². The lowest BCUT2D eigenvalue weighted by Crippen LogP contribution is -2.30. The predicted molar refractivity (Wildman–Crippen MR) is 69.7 cm³/mol. The van der Waals surface area contributed by atoms with E-state index < -0.39 is 23.1 Å². The molecule has 2 rings (SSSR count). The van der Waals surface area contributed by atoms with Crippen LogP contribution in [0, 0.1) is 0 Å². The standard InChI is InChI=1S/C16H12O4/c17-15(18)13(11-7-3-1-4-8-11)14(16(19)20)12-9-5-2-6-10-12/h1-10H,(H,17,18)(H,19,20)/p-2/b14-13+. The Balaban J connectivity index is 2.74. The summed E-state index contributed by atoms with van der Waals surface area (Å²) in [7, 11) is 0. The van der Waals surface area contributed by atoms with Crippen molar-refractivity contribution in [1.29, 1.82) is 0 Å². The summed E-state index contributed by atoms with van der Waals surface area (Å²) in [5.41, 5.74) is -0.264. The van der Waals surface area contributed by atoms with E-state index in [0.29, 0.717) is 0 Å². The third-order valence-electron chi connectivity index (χ3n) is 2.78. The minimum atomic E-state index is -1.56. The highest BCUT2D eigenvalue weighted by Crippen LogP contribution is 2.25. The van der Waals surface area contributed by atoms with Crippen LogP contribution in [0.5, 0.6) is 0 Å². The molecule has 0 aliphatic rings. The molecule has 0 atom stereocenters. The molecule has 0 unspecified atom stereocenters. The molecule has 2 aromatic carbocycles. The Kier molecular flexibility index (Phi) is 3.96. The third kappa shape index (κ3) is 2.75. The Morgan fingerprint density at radius 3 is 1.15 bits per heavy atom. The van der Waals surface area contributed by atoms with Gasteiger partial charge in [0.05, 0.1) is 11.9 Å². The molecule has 0 aromatic heterocycles. The second-order valence-electron chi connectivity index (χ2n) is 4.06. The molecule has 20 heavy (non-hydrogen) atoms. The average molecular weight is 266 g/mol. The molecule has 0 heterocycles. The monoisotopic (exact) mass is 266 g/mol. The maximum absolute atomic E-state index is 11.4. The number of carbonyl (C=O) groups excluding carboxylic acids is 2. The molecular weight excluding hydrogens is 256 g/mol. The van der Waals surface area contributed by atoms with Gasteiger partial charge in [0.2, 0.25) is 0 Å². The summed E-state index contributed by atoms with van der Waals surface area (Å²) in [6, 6.07) is 15.9. The zero-order valence-electron chi connectivity index (χ0n) is 10.4. The van der Waals surface area contributed by atoms with Gasteiger partial charge >= 0.3 is 0 Å². The fourth-order valence-electron chi connectivity index (χ4n) is 1.94. The highest BCUT2D eigenvalue weighted by molar-refractivity contribution is 6.35. The number of carbonyl (C=O) groups is 2. The van der Waals surface area contributed by atoms with E-state index in [2.05, 4.69) is 0 Å². The van der Waals surface area contributed by atoms with Crippen molar-refractivity contribution in [3.8, 4) is 0 Å². The van der Waals surface area contributed by atoms with E-state index in [0.717, 1.165) is 0 Å². The first kappa shape index (κ1) is 13.5. The topological polar surface area (TPSA) is 80.3 Å². The van der Waals surface area contributed by atoms with Gasteiger partial charge in [-0.15, -0.1) is 0 Å². The smallest absolute Gasteiger partial charge is 0.0728 e. The molecule has 0 aliphatic carbocycles. The molecule has 100 valence electrons. The van der Waals surface area contributed by atoms with Crippen molar-refractivity contribution in [3.63, 3.8) is 0 Å². The van der Waals surface area contributed by atoms with Crippen molar-refractivity contribution in [2.45, 2.75) is 0 Å². The molecule has 0 amide bonds. The number of carboxylic acid groups (broad SMARTS) is 2. The van der Waals surface area contributed by atoms with Gasteiger partial charge in [-0.2, -0.15) is 0 Å². The molecule has 4 heteroatoms. The van der Waals surface area contributed by atoms with Crippen LogP contribution in [0.15, 0.2) is 60.7 Å². The van der Waals surface area contributed by atoms with Gasteiger partial charge in [-0.1, -0.05) is 60.7 Å². The maximum Gasteiger partial charge on any atom is 0.0728 e. The zero-order valence-corrected chi connectivity index (χ0v) is 10.4. The molecule has 0 N–H and O–H groups in total. The number of hydrogen-bond acceptors (Lipinski definition) is 4. The highest BCUT2D eigenvalue weighted by Gasteiger charge is 2.13. The quantitative estimate of drug-likeness (QED) is 0.580. The van der Waals surface area contributed by atoms with Gasteiger partial charge in [-0.3, -0.25) is 0 Å².